The van der Waals surface area contributed by atoms with Crippen LogP contribution in [0, 0.1) is 0 Å². The van der Waals surface area contributed by atoms with Gasteiger partial charge in [-0.15, -0.1) is 0 Å². The van der Waals surface area contributed by atoms with Gasteiger partial charge in [-0.05, 0) is 38.6 Å². The van der Waals surface area contributed by atoms with E-state index >= 15 is 0 Å². The fourth-order valence-corrected chi connectivity index (χ4v) is 2.67. The zero-order valence-electron chi connectivity index (χ0n) is 11.6. The lowest BCUT2D eigenvalue weighted by Crippen LogP contribution is -2.21. The van der Waals surface area contributed by atoms with Crippen molar-refractivity contribution in [2.24, 2.45) is 7.05 Å². The van der Waals surface area contributed by atoms with Gasteiger partial charge in [-0.3, -0.25) is 4.68 Å². The lowest BCUT2D eigenvalue weighted by Gasteiger charge is -2.17. The summed E-state index contributed by atoms with van der Waals surface area (Å²) >= 11 is 0. The SMILES string of the molecule is CCNC(CCCC1CCCO1)c1cnn(C)c1. The van der Waals surface area contributed by atoms with Gasteiger partial charge in [-0.2, -0.15) is 5.10 Å². The molecule has 4 nitrogen and oxygen atoms in total. The number of aromatic nitrogens is 2. The van der Waals surface area contributed by atoms with Crippen molar-refractivity contribution >= 4 is 0 Å². The molecule has 0 bridgehead atoms. The summed E-state index contributed by atoms with van der Waals surface area (Å²) < 4.78 is 7.54. The van der Waals surface area contributed by atoms with Crippen LogP contribution in [0.1, 0.15) is 50.6 Å². The minimum absolute atomic E-state index is 0.435. The van der Waals surface area contributed by atoms with Crippen molar-refractivity contribution in [3.63, 3.8) is 0 Å². The van der Waals surface area contributed by atoms with Gasteiger partial charge in [0, 0.05) is 31.5 Å². The van der Waals surface area contributed by atoms with Crippen LogP contribution < -0.4 is 5.32 Å². The van der Waals surface area contributed by atoms with Crippen molar-refractivity contribution in [1.29, 1.82) is 0 Å². The number of nitrogens with one attached hydrogen (secondary N) is 1. The molecule has 0 radical (unpaired) electrons. The summed E-state index contributed by atoms with van der Waals surface area (Å²) in [5.74, 6) is 0. The molecule has 4 heteroatoms. The van der Waals surface area contributed by atoms with Crippen molar-refractivity contribution in [1.82, 2.24) is 15.1 Å². The zero-order chi connectivity index (χ0) is 12.8. The fraction of sp³-hybridized carbons (Fsp3) is 0.786. The summed E-state index contributed by atoms with van der Waals surface area (Å²) in [6.45, 7) is 4.12. The van der Waals surface area contributed by atoms with E-state index in [4.69, 9.17) is 4.74 Å². The number of nitrogens with zero attached hydrogens (tertiary/aromatic N) is 2. The molecule has 1 saturated heterocycles. The van der Waals surface area contributed by atoms with Crippen molar-refractivity contribution in [3.8, 4) is 0 Å². The first-order valence-electron chi connectivity index (χ1n) is 7.13. The minimum atomic E-state index is 0.435. The van der Waals surface area contributed by atoms with Gasteiger partial charge in [0.2, 0.25) is 0 Å². The standard InChI is InChI=1S/C14H25N3O/c1-3-15-14(12-10-16-17(2)11-12)8-4-6-13-7-5-9-18-13/h10-11,13-15H,3-9H2,1-2H3. The highest BCUT2D eigenvalue weighted by atomic mass is 16.5. The molecule has 2 atom stereocenters. The maximum absolute atomic E-state index is 5.67. The highest BCUT2D eigenvalue weighted by Crippen LogP contribution is 2.22. The molecule has 1 aromatic rings. The summed E-state index contributed by atoms with van der Waals surface area (Å²) in [6.07, 6.45) is 10.7. The van der Waals surface area contributed by atoms with E-state index in [1.807, 2.05) is 17.9 Å². The molecule has 0 amide bonds. The summed E-state index contributed by atoms with van der Waals surface area (Å²) in [4.78, 5) is 0. The van der Waals surface area contributed by atoms with E-state index in [1.165, 1.54) is 37.7 Å². The van der Waals surface area contributed by atoms with Crippen LogP contribution in [-0.4, -0.2) is 29.0 Å². The Kier molecular flexibility index (Phi) is 5.20. The monoisotopic (exact) mass is 251 g/mol. The molecule has 1 aromatic heterocycles. The van der Waals surface area contributed by atoms with Gasteiger partial charge >= 0.3 is 0 Å². The smallest absolute Gasteiger partial charge is 0.0576 e. The van der Waals surface area contributed by atoms with E-state index in [1.54, 1.807) is 0 Å². The van der Waals surface area contributed by atoms with Crippen LogP contribution in [0.25, 0.3) is 0 Å². The predicted molar refractivity (Wildman–Crippen MR) is 72.5 cm³/mol. The van der Waals surface area contributed by atoms with E-state index < -0.39 is 0 Å². The Morgan fingerprint density at radius 3 is 3.11 bits per heavy atom. The van der Waals surface area contributed by atoms with Gasteiger partial charge in [0.25, 0.3) is 0 Å². The Labute approximate surface area is 110 Å². The third-order valence-corrected chi connectivity index (χ3v) is 3.62. The van der Waals surface area contributed by atoms with Gasteiger partial charge in [-0.25, -0.2) is 0 Å². The van der Waals surface area contributed by atoms with E-state index in [-0.39, 0.29) is 0 Å². The second-order valence-corrected chi connectivity index (χ2v) is 5.12. The van der Waals surface area contributed by atoms with Crippen LogP contribution in [0.3, 0.4) is 0 Å². The van der Waals surface area contributed by atoms with Crippen molar-refractivity contribution in [2.75, 3.05) is 13.2 Å². The van der Waals surface area contributed by atoms with Crippen LogP contribution in [0.15, 0.2) is 12.4 Å². The van der Waals surface area contributed by atoms with Crippen molar-refractivity contribution < 1.29 is 4.74 Å². The molecule has 1 aliphatic rings. The van der Waals surface area contributed by atoms with E-state index in [0.29, 0.717) is 12.1 Å². The molecule has 1 N–H and O–H groups in total. The average Bonchev–Trinajstić information content (AvgIpc) is 2.99. The molecule has 0 aromatic carbocycles. The Balaban J connectivity index is 1.78. The predicted octanol–water partition coefficient (Wildman–Crippen LogP) is 2.42. The van der Waals surface area contributed by atoms with Crippen LogP contribution >= 0.6 is 0 Å². The third kappa shape index (κ3) is 3.82. The highest BCUT2D eigenvalue weighted by molar-refractivity contribution is 5.10. The fourth-order valence-electron chi connectivity index (χ4n) is 2.67. The summed E-state index contributed by atoms with van der Waals surface area (Å²) in [5.41, 5.74) is 1.30. The summed E-state index contributed by atoms with van der Waals surface area (Å²) in [7, 11) is 1.97. The zero-order valence-corrected chi connectivity index (χ0v) is 11.6. The molecule has 0 spiro atoms. The van der Waals surface area contributed by atoms with Crippen LogP contribution in [0.2, 0.25) is 0 Å². The van der Waals surface area contributed by atoms with E-state index in [0.717, 1.165) is 13.2 Å². The van der Waals surface area contributed by atoms with Gasteiger partial charge in [-0.1, -0.05) is 6.92 Å². The second kappa shape index (κ2) is 6.90. The molecule has 102 valence electrons. The normalized spacial score (nSPS) is 21.3. The van der Waals surface area contributed by atoms with E-state index in [2.05, 4.69) is 23.5 Å². The van der Waals surface area contributed by atoms with Crippen molar-refractivity contribution in [2.45, 2.75) is 51.2 Å². The molecule has 0 aliphatic carbocycles. The van der Waals surface area contributed by atoms with Gasteiger partial charge in [0.15, 0.2) is 0 Å². The van der Waals surface area contributed by atoms with Crippen LogP contribution in [0.4, 0.5) is 0 Å². The van der Waals surface area contributed by atoms with Gasteiger partial charge in [0.05, 0.1) is 12.3 Å². The number of ether oxygens (including phenoxy) is 1. The molecule has 18 heavy (non-hydrogen) atoms. The lowest BCUT2D eigenvalue weighted by atomic mass is 10.0. The largest absolute Gasteiger partial charge is 0.378 e. The summed E-state index contributed by atoms with van der Waals surface area (Å²) in [6, 6.07) is 0.435. The van der Waals surface area contributed by atoms with Crippen LogP contribution in [-0.2, 0) is 11.8 Å². The first kappa shape index (κ1) is 13.6. The molecule has 2 heterocycles. The van der Waals surface area contributed by atoms with Crippen LogP contribution in [0.5, 0.6) is 0 Å². The lowest BCUT2D eigenvalue weighted by molar-refractivity contribution is 0.101. The molecular weight excluding hydrogens is 226 g/mol. The van der Waals surface area contributed by atoms with Gasteiger partial charge in [0.1, 0.15) is 0 Å². The Morgan fingerprint density at radius 1 is 1.61 bits per heavy atom. The Bertz CT molecular complexity index is 345. The topological polar surface area (TPSA) is 39.1 Å². The molecule has 1 aliphatic heterocycles. The number of hydrogen-bond acceptors (Lipinski definition) is 3. The molecule has 2 rings (SSSR count). The van der Waals surface area contributed by atoms with E-state index in [9.17, 15) is 0 Å². The number of hydrogen-bond donors (Lipinski definition) is 1. The Morgan fingerprint density at radius 2 is 2.50 bits per heavy atom. The molecule has 2 unspecified atom stereocenters. The highest BCUT2D eigenvalue weighted by Gasteiger charge is 2.17. The molecule has 1 fully saturated rings. The number of rotatable bonds is 7. The average molecular weight is 251 g/mol. The van der Waals surface area contributed by atoms with Gasteiger partial charge < -0.3 is 10.1 Å². The molecular formula is C14H25N3O. The maximum atomic E-state index is 5.67. The van der Waals surface area contributed by atoms with Crippen molar-refractivity contribution in [3.05, 3.63) is 18.0 Å². The first-order chi connectivity index (χ1) is 8.79. The third-order valence-electron chi connectivity index (χ3n) is 3.62. The second-order valence-electron chi connectivity index (χ2n) is 5.12. The number of aryl methyl sites for hydroxylation is 1. The Hall–Kier alpha value is -0.870. The summed E-state index contributed by atoms with van der Waals surface area (Å²) in [5, 5.41) is 7.80. The molecule has 0 saturated carbocycles. The quantitative estimate of drug-likeness (QED) is 0.809. The minimum Gasteiger partial charge on any atom is -0.378 e. The first-order valence-corrected chi connectivity index (χ1v) is 7.13. The maximum Gasteiger partial charge on any atom is 0.0576 e.